The fourth-order valence-corrected chi connectivity index (χ4v) is 2.09. The first kappa shape index (κ1) is 11.0. The molecule has 0 saturated heterocycles. The van der Waals surface area contributed by atoms with E-state index in [0.29, 0.717) is 12.1 Å². The van der Waals surface area contributed by atoms with E-state index in [2.05, 4.69) is 31.3 Å². The Morgan fingerprint density at radius 2 is 1.80 bits per heavy atom. The van der Waals surface area contributed by atoms with Gasteiger partial charge in [0.2, 0.25) is 0 Å². The van der Waals surface area contributed by atoms with Crippen LogP contribution in [0.1, 0.15) is 38.3 Å². The molecular formula is C13H18ClN. The van der Waals surface area contributed by atoms with Gasteiger partial charge in [-0.25, -0.2) is 0 Å². The van der Waals surface area contributed by atoms with Gasteiger partial charge in [0.15, 0.2) is 0 Å². The second-order valence-corrected chi connectivity index (χ2v) is 5.12. The fraction of sp³-hybridized carbons (Fsp3) is 0.538. The lowest BCUT2D eigenvalue weighted by Crippen LogP contribution is -2.29. The van der Waals surface area contributed by atoms with Crippen LogP contribution in [0.25, 0.3) is 0 Å². The minimum Gasteiger partial charge on any atom is -0.307 e. The van der Waals surface area contributed by atoms with E-state index in [4.69, 9.17) is 11.6 Å². The summed E-state index contributed by atoms with van der Waals surface area (Å²) in [4.78, 5) is 0. The van der Waals surface area contributed by atoms with E-state index in [1.807, 2.05) is 12.1 Å². The summed E-state index contributed by atoms with van der Waals surface area (Å²) >= 11 is 5.90. The summed E-state index contributed by atoms with van der Waals surface area (Å²) in [6, 6.07) is 9.29. The van der Waals surface area contributed by atoms with Gasteiger partial charge >= 0.3 is 0 Å². The molecule has 1 aromatic carbocycles. The van der Waals surface area contributed by atoms with E-state index in [1.54, 1.807) is 0 Å². The monoisotopic (exact) mass is 223 g/mol. The summed E-state index contributed by atoms with van der Waals surface area (Å²) in [5.74, 6) is 0.827. The zero-order chi connectivity index (χ0) is 10.8. The molecule has 1 aromatic rings. The van der Waals surface area contributed by atoms with E-state index >= 15 is 0 Å². The topological polar surface area (TPSA) is 12.0 Å². The second-order valence-electron chi connectivity index (χ2n) is 4.69. The van der Waals surface area contributed by atoms with Crippen molar-refractivity contribution in [2.24, 2.45) is 5.92 Å². The Bertz CT molecular complexity index is 314. The minimum atomic E-state index is 0.516. The number of rotatable bonds is 4. The molecule has 0 aliphatic heterocycles. The van der Waals surface area contributed by atoms with Gasteiger partial charge in [0, 0.05) is 17.1 Å². The van der Waals surface area contributed by atoms with Gasteiger partial charge in [-0.15, -0.1) is 0 Å². The van der Waals surface area contributed by atoms with Crippen LogP contribution < -0.4 is 5.32 Å². The maximum atomic E-state index is 5.90. The highest BCUT2D eigenvalue weighted by atomic mass is 35.5. The Morgan fingerprint density at radius 3 is 2.27 bits per heavy atom. The lowest BCUT2D eigenvalue weighted by Gasteiger charge is -2.21. The maximum Gasteiger partial charge on any atom is 0.0406 e. The molecule has 1 aliphatic carbocycles. The first-order chi connectivity index (χ1) is 7.16. The molecule has 1 saturated carbocycles. The molecule has 0 bridgehead atoms. The van der Waals surface area contributed by atoms with Crippen molar-refractivity contribution in [3.63, 3.8) is 0 Å². The predicted molar refractivity (Wildman–Crippen MR) is 65.2 cm³/mol. The van der Waals surface area contributed by atoms with Gasteiger partial charge in [-0.3, -0.25) is 0 Å². The van der Waals surface area contributed by atoms with Gasteiger partial charge in [0.05, 0.1) is 0 Å². The Hall–Kier alpha value is -0.530. The summed E-state index contributed by atoms with van der Waals surface area (Å²) in [5.41, 5.74) is 1.37. The summed E-state index contributed by atoms with van der Waals surface area (Å²) < 4.78 is 0. The Kier molecular flexibility index (Phi) is 3.32. The van der Waals surface area contributed by atoms with E-state index in [-0.39, 0.29) is 0 Å². The smallest absolute Gasteiger partial charge is 0.0406 e. The third kappa shape index (κ3) is 2.96. The van der Waals surface area contributed by atoms with Crippen molar-refractivity contribution in [1.29, 1.82) is 0 Å². The lowest BCUT2D eigenvalue weighted by atomic mass is 10.0. The molecule has 0 unspecified atom stereocenters. The van der Waals surface area contributed by atoms with Crippen molar-refractivity contribution in [3.8, 4) is 0 Å². The highest BCUT2D eigenvalue weighted by Gasteiger charge is 2.32. The number of halogens is 1. The van der Waals surface area contributed by atoms with Crippen LogP contribution in [0.3, 0.4) is 0 Å². The van der Waals surface area contributed by atoms with E-state index in [1.165, 1.54) is 18.4 Å². The normalized spacial score (nSPS) is 18.1. The van der Waals surface area contributed by atoms with Crippen LogP contribution >= 0.6 is 11.6 Å². The molecule has 1 fully saturated rings. The molecule has 0 radical (unpaired) electrons. The largest absolute Gasteiger partial charge is 0.307 e. The molecule has 1 nitrogen and oxygen atoms in total. The molecule has 15 heavy (non-hydrogen) atoms. The molecule has 1 atom stereocenters. The van der Waals surface area contributed by atoms with Gasteiger partial charge in [-0.05, 0) is 36.5 Å². The summed E-state index contributed by atoms with van der Waals surface area (Å²) in [6.45, 7) is 4.40. The van der Waals surface area contributed by atoms with Gasteiger partial charge in [0.25, 0.3) is 0 Å². The number of hydrogen-bond donors (Lipinski definition) is 1. The molecule has 0 heterocycles. The quantitative estimate of drug-likeness (QED) is 0.819. The van der Waals surface area contributed by atoms with Crippen molar-refractivity contribution < 1.29 is 0 Å². The van der Waals surface area contributed by atoms with Gasteiger partial charge in [-0.2, -0.15) is 0 Å². The maximum absolute atomic E-state index is 5.90. The summed E-state index contributed by atoms with van der Waals surface area (Å²) in [6.07, 6.45) is 2.71. The minimum absolute atomic E-state index is 0.516. The molecular weight excluding hydrogens is 206 g/mol. The molecule has 1 aliphatic rings. The zero-order valence-electron chi connectivity index (χ0n) is 9.33. The molecule has 2 rings (SSSR count). The standard InChI is InChI=1S/C13H18ClN/c1-9(2)15-13(10-3-4-10)11-5-7-12(14)8-6-11/h5-10,13,15H,3-4H2,1-2H3/t13-/m1/s1. The van der Waals surface area contributed by atoms with Crippen LogP contribution in [-0.4, -0.2) is 6.04 Å². The molecule has 0 amide bonds. The van der Waals surface area contributed by atoms with Crippen molar-refractivity contribution in [3.05, 3.63) is 34.9 Å². The van der Waals surface area contributed by atoms with Crippen molar-refractivity contribution in [1.82, 2.24) is 5.32 Å². The third-order valence-electron chi connectivity index (χ3n) is 2.84. The van der Waals surface area contributed by atoms with E-state index in [9.17, 15) is 0 Å². The average molecular weight is 224 g/mol. The Morgan fingerprint density at radius 1 is 1.20 bits per heavy atom. The Labute approximate surface area is 96.8 Å². The van der Waals surface area contributed by atoms with E-state index in [0.717, 1.165) is 10.9 Å². The van der Waals surface area contributed by atoms with Crippen LogP contribution in [0, 0.1) is 5.92 Å². The summed E-state index contributed by atoms with van der Waals surface area (Å²) in [7, 11) is 0. The van der Waals surface area contributed by atoms with Crippen LogP contribution in [0.15, 0.2) is 24.3 Å². The van der Waals surface area contributed by atoms with Crippen LogP contribution in [0.4, 0.5) is 0 Å². The highest BCUT2D eigenvalue weighted by molar-refractivity contribution is 6.30. The molecule has 82 valence electrons. The van der Waals surface area contributed by atoms with Crippen LogP contribution in [0.5, 0.6) is 0 Å². The lowest BCUT2D eigenvalue weighted by molar-refractivity contribution is 0.436. The van der Waals surface area contributed by atoms with Crippen LogP contribution in [-0.2, 0) is 0 Å². The average Bonchev–Trinajstić information content (AvgIpc) is 2.99. The van der Waals surface area contributed by atoms with Crippen molar-refractivity contribution in [2.75, 3.05) is 0 Å². The van der Waals surface area contributed by atoms with Crippen molar-refractivity contribution in [2.45, 2.75) is 38.8 Å². The van der Waals surface area contributed by atoms with Gasteiger partial charge in [0.1, 0.15) is 0 Å². The van der Waals surface area contributed by atoms with E-state index < -0.39 is 0 Å². The SMILES string of the molecule is CC(C)N[C@@H](c1ccc(Cl)cc1)C1CC1. The number of nitrogens with one attached hydrogen (secondary N) is 1. The molecule has 1 N–H and O–H groups in total. The second kappa shape index (κ2) is 4.54. The summed E-state index contributed by atoms with van der Waals surface area (Å²) in [5, 5.41) is 4.45. The van der Waals surface area contributed by atoms with Gasteiger partial charge < -0.3 is 5.32 Å². The molecule has 0 aromatic heterocycles. The number of hydrogen-bond acceptors (Lipinski definition) is 1. The first-order valence-electron chi connectivity index (χ1n) is 5.68. The highest BCUT2D eigenvalue weighted by Crippen LogP contribution is 2.41. The molecule has 2 heteroatoms. The van der Waals surface area contributed by atoms with Crippen molar-refractivity contribution >= 4 is 11.6 Å². The first-order valence-corrected chi connectivity index (χ1v) is 6.06. The van der Waals surface area contributed by atoms with Gasteiger partial charge in [-0.1, -0.05) is 37.6 Å². The molecule has 0 spiro atoms. The Balaban J connectivity index is 2.13. The zero-order valence-corrected chi connectivity index (χ0v) is 10.1. The predicted octanol–water partition coefficient (Wildman–Crippen LogP) is 3.79. The third-order valence-corrected chi connectivity index (χ3v) is 3.09. The van der Waals surface area contributed by atoms with Crippen LogP contribution in [0.2, 0.25) is 5.02 Å². The number of benzene rings is 1. The fourth-order valence-electron chi connectivity index (χ4n) is 1.96.